The van der Waals surface area contributed by atoms with Gasteiger partial charge in [-0.25, -0.2) is 0 Å². The standard InChI is InChI=1S/C12H19O2.C10H22.H2/c1-10(2)6-5-7-11(3)8-9-14-12(4)13;1-5-10(4)8-6-7-9(2)3;/h6,8H,4-5,7,9H2,1-3H3;9-10H,5-8H2,1-4H3;1H/q+1;;/b11-8+;;. The van der Waals surface area contributed by atoms with Crippen LogP contribution in [0.25, 0.3) is 0 Å². The maximum absolute atomic E-state index is 10.4. The minimum Gasteiger partial charge on any atom is -0.426 e. The van der Waals surface area contributed by atoms with Gasteiger partial charge in [0.05, 0.1) is 0 Å². The van der Waals surface area contributed by atoms with Crippen LogP contribution in [0.2, 0.25) is 0 Å². The minimum atomic E-state index is -0.474. The van der Waals surface area contributed by atoms with Crippen molar-refractivity contribution in [3.8, 4) is 0 Å². The van der Waals surface area contributed by atoms with Crippen molar-refractivity contribution in [1.29, 1.82) is 0 Å². The average Bonchev–Trinajstić information content (AvgIpc) is 2.46. The van der Waals surface area contributed by atoms with Gasteiger partial charge in [0.15, 0.2) is 6.92 Å². The van der Waals surface area contributed by atoms with Crippen LogP contribution in [0.3, 0.4) is 0 Å². The molecule has 1 atom stereocenters. The van der Waals surface area contributed by atoms with E-state index in [0.29, 0.717) is 6.61 Å². The molecule has 0 bridgehead atoms. The lowest BCUT2D eigenvalue weighted by Crippen LogP contribution is -1.98. The average molecular weight is 340 g/mol. The fourth-order valence-corrected chi connectivity index (χ4v) is 2.05. The molecule has 2 nitrogen and oxygen atoms in total. The van der Waals surface area contributed by atoms with E-state index in [9.17, 15) is 4.79 Å². The van der Waals surface area contributed by atoms with Crippen LogP contribution in [0.4, 0.5) is 0 Å². The quantitative estimate of drug-likeness (QED) is 0.240. The molecule has 0 fully saturated rings. The summed E-state index contributed by atoms with van der Waals surface area (Å²) in [4.78, 5) is 10.4. The van der Waals surface area contributed by atoms with E-state index >= 15 is 0 Å². The van der Waals surface area contributed by atoms with Crippen LogP contribution < -0.4 is 0 Å². The second kappa shape index (κ2) is 16.7. The molecular formula is C22H43O2+. The van der Waals surface area contributed by atoms with Crippen molar-refractivity contribution >= 4 is 5.97 Å². The molecule has 0 aliphatic heterocycles. The molecule has 2 heteroatoms. The van der Waals surface area contributed by atoms with Gasteiger partial charge in [-0.3, -0.25) is 0 Å². The van der Waals surface area contributed by atoms with E-state index in [0.717, 1.165) is 24.7 Å². The van der Waals surface area contributed by atoms with E-state index in [-0.39, 0.29) is 1.43 Å². The summed E-state index contributed by atoms with van der Waals surface area (Å²) in [6.45, 7) is 18.9. The number of rotatable bonds is 10. The zero-order chi connectivity index (χ0) is 19.0. The van der Waals surface area contributed by atoms with Gasteiger partial charge in [-0.15, -0.1) is 0 Å². The van der Waals surface area contributed by atoms with E-state index in [2.05, 4.69) is 54.5 Å². The van der Waals surface area contributed by atoms with Gasteiger partial charge in [0.2, 0.25) is 0 Å². The Hall–Kier alpha value is -1.18. The van der Waals surface area contributed by atoms with Gasteiger partial charge in [0.25, 0.3) is 0 Å². The highest BCUT2D eigenvalue weighted by Crippen LogP contribution is 2.14. The molecule has 0 radical (unpaired) electrons. The maximum atomic E-state index is 10.4. The molecule has 24 heavy (non-hydrogen) atoms. The fourth-order valence-electron chi connectivity index (χ4n) is 2.05. The number of carbonyl (C=O) groups excluding carboxylic acids is 1. The summed E-state index contributed by atoms with van der Waals surface area (Å²) in [5.74, 6) is 1.36. The molecule has 0 aliphatic rings. The van der Waals surface area contributed by atoms with Crippen molar-refractivity contribution in [2.75, 3.05) is 6.61 Å². The van der Waals surface area contributed by atoms with Crippen molar-refractivity contribution in [2.24, 2.45) is 11.8 Å². The summed E-state index contributed by atoms with van der Waals surface area (Å²) < 4.78 is 4.70. The Morgan fingerprint density at radius 3 is 2.21 bits per heavy atom. The molecule has 0 aromatic rings. The molecule has 0 aromatic carbocycles. The van der Waals surface area contributed by atoms with Crippen LogP contribution >= 0.6 is 0 Å². The van der Waals surface area contributed by atoms with Crippen LogP contribution in [0.5, 0.6) is 0 Å². The first-order valence-corrected chi connectivity index (χ1v) is 9.46. The lowest BCUT2D eigenvalue weighted by atomic mass is 9.98. The van der Waals surface area contributed by atoms with Gasteiger partial charge in [0, 0.05) is 1.43 Å². The highest BCUT2D eigenvalue weighted by molar-refractivity contribution is 5.73. The van der Waals surface area contributed by atoms with E-state index in [4.69, 9.17) is 4.74 Å². The zero-order valence-electron chi connectivity index (χ0n) is 17.3. The lowest BCUT2D eigenvalue weighted by molar-refractivity contribution is -0.136. The molecule has 0 aliphatic carbocycles. The third-order valence-electron chi connectivity index (χ3n) is 3.94. The van der Waals surface area contributed by atoms with Gasteiger partial charge in [-0.2, -0.15) is 4.79 Å². The van der Waals surface area contributed by atoms with Gasteiger partial charge < -0.3 is 4.74 Å². The molecule has 0 heterocycles. The van der Waals surface area contributed by atoms with Gasteiger partial charge in [-0.05, 0) is 51.5 Å². The van der Waals surface area contributed by atoms with Crippen LogP contribution in [0.1, 0.15) is 88.4 Å². The summed E-state index contributed by atoms with van der Waals surface area (Å²) >= 11 is 0. The third kappa shape index (κ3) is 23.1. The van der Waals surface area contributed by atoms with Gasteiger partial charge in [-0.1, -0.05) is 70.6 Å². The largest absolute Gasteiger partial charge is 0.493 e. The van der Waals surface area contributed by atoms with Gasteiger partial charge >= 0.3 is 5.97 Å². The van der Waals surface area contributed by atoms with Crippen molar-refractivity contribution in [1.82, 2.24) is 0 Å². The Labute approximate surface area is 153 Å². The van der Waals surface area contributed by atoms with Crippen LogP contribution in [0, 0.1) is 18.8 Å². The molecular weight excluding hydrogens is 296 g/mol. The van der Waals surface area contributed by atoms with Crippen molar-refractivity contribution < 1.29 is 11.0 Å². The van der Waals surface area contributed by atoms with Crippen molar-refractivity contribution in [3.05, 3.63) is 30.2 Å². The SMILES string of the molecule is CCC(C)CCCC(C)C.[CH2+]C(=O)OC/C=C(\C)CCC=C(C)C.[HH]. The second-order valence-corrected chi connectivity index (χ2v) is 7.39. The lowest BCUT2D eigenvalue weighted by Gasteiger charge is -2.08. The first kappa shape index (κ1) is 25.1. The molecule has 0 amide bonds. The molecule has 1 unspecified atom stereocenters. The van der Waals surface area contributed by atoms with Gasteiger partial charge in [0.1, 0.15) is 6.61 Å². The fraction of sp³-hybridized carbons (Fsp3) is 0.727. The predicted molar refractivity (Wildman–Crippen MR) is 109 cm³/mol. The number of hydrogen-bond acceptors (Lipinski definition) is 2. The van der Waals surface area contributed by atoms with E-state index in [1.807, 2.05) is 13.0 Å². The molecule has 0 saturated carbocycles. The summed E-state index contributed by atoms with van der Waals surface area (Å²) in [7, 11) is 0. The molecule has 0 spiro atoms. The summed E-state index contributed by atoms with van der Waals surface area (Å²) in [5, 5.41) is 0. The number of hydrogen-bond donors (Lipinski definition) is 0. The highest BCUT2D eigenvalue weighted by atomic mass is 16.5. The van der Waals surface area contributed by atoms with Crippen LogP contribution in [0.15, 0.2) is 23.3 Å². The summed E-state index contributed by atoms with van der Waals surface area (Å²) in [6, 6.07) is 0. The Morgan fingerprint density at radius 1 is 1.12 bits per heavy atom. The van der Waals surface area contributed by atoms with Crippen molar-refractivity contribution in [2.45, 2.75) is 87.0 Å². The third-order valence-corrected chi connectivity index (χ3v) is 3.94. The topological polar surface area (TPSA) is 26.3 Å². The van der Waals surface area contributed by atoms with Crippen LogP contribution in [-0.2, 0) is 9.53 Å². The van der Waals surface area contributed by atoms with Crippen molar-refractivity contribution in [3.63, 3.8) is 0 Å². The molecule has 142 valence electrons. The maximum Gasteiger partial charge on any atom is 0.493 e. The first-order valence-electron chi connectivity index (χ1n) is 9.46. The Bertz CT molecular complexity index is 366. The molecule has 0 aromatic heterocycles. The summed E-state index contributed by atoms with van der Waals surface area (Å²) in [6.07, 6.45) is 11.8. The number of ether oxygens (including phenoxy) is 1. The highest BCUT2D eigenvalue weighted by Gasteiger charge is 1.99. The molecule has 0 N–H and O–H groups in total. The van der Waals surface area contributed by atoms with Crippen LogP contribution in [-0.4, -0.2) is 12.6 Å². The Morgan fingerprint density at radius 2 is 1.75 bits per heavy atom. The predicted octanol–water partition coefficient (Wildman–Crippen LogP) is 7.16. The first-order chi connectivity index (χ1) is 11.2. The normalized spacial score (nSPS) is 12.2. The smallest absolute Gasteiger partial charge is 0.426 e. The molecule has 0 saturated heterocycles. The zero-order valence-corrected chi connectivity index (χ0v) is 17.3. The number of esters is 1. The van der Waals surface area contributed by atoms with E-state index in [1.165, 1.54) is 36.8 Å². The Kier molecular flexibility index (Phi) is 17.4. The monoisotopic (exact) mass is 339 g/mol. The van der Waals surface area contributed by atoms with E-state index in [1.54, 1.807) is 0 Å². The second-order valence-electron chi connectivity index (χ2n) is 7.39. The number of allylic oxidation sites excluding steroid dienone is 3. The molecule has 0 rings (SSSR count). The Balaban J connectivity index is -0.000000392. The minimum absolute atomic E-state index is 0. The van der Waals surface area contributed by atoms with E-state index < -0.39 is 5.97 Å². The number of carbonyl (C=O) groups is 1. The summed E-state index contributed by atoms with van der Waals surface area (Å²) in [5.41, 5.74) is 2.57.